The van der Waals surface area contributed by atoms with Crippen LogP contribution < -0.4 is 5.73 Å². The molecule has 3 nitrogen and oxygen atoms in total. The Morgan fingerprint density at radius 1 is 1.80 bits per heavy atom. The van der Waals surface area contributed by atoms with E-state index in [1.165, 1.54) is 0 Å². The summed E-state index contributed by atoms with van der Waals surface area (Å²) in [4.78, 5) is 0. The van der Waals surface area contributed by atoms with Gasteiger partial charge in [0.15, 0.2) is 0 Å². The SMILES string of the molecule is CCSCC(C)/C(N)=N/O. The maximum Gasteiger partial charge on any atom is 0.142 e. The molecule has 0 aromatic rings. The lowest BCUT2D eigenvalue weighted by molar-refractivity contribution is 0.315. The Hall–Kier alpha value is -0.380. The molecule has 3 N–H and O–H groups in total. The van der Waals surface area contributed by atoms with Gasteiger partial charge in [-0.05, 0) is 5.75 Å². The summed E-state index contributed by atoms with van der Waals surface area (Å²) in [7, 11) is 0. The summed E-state index contributed by atoms with van der Waals surface area (Å²) in [5.41, 5.74) is 5.34. The maximum atomic E-state index is 8.26. The average Bonchev–Trinajstić information content (AvgIpc) is 1.98. The zero-order valence-corrected chi connectivity index (χ0v) is 7.19. The number of rotatable bonds is 4. The van der Waals surface area contributed by atoms with Gasteiger partial charge in [0.2, 0.25) is 0 Å². The predicted molar refractivity (Wildman–Crippen MR) is 45.6 cm³/mol. The molecule has 4 heteroatoms. The molecular formula is C6H14N2OS. The van der Waals surface area contributed by atoms with Crippen LogP contribution >= 0.6 is 11.8 Å². The summed E-state index contributed by atoms with van der Waals surface area (Å²) in [5.74, 6) is 2.49. The summed E-state index contributed by atoms with van der Waals surface area (Å²) in [6, 6.07) is 0. The summed E-state index contributed by atoms with van der Waals surface area (Å²) in [5, 5.41) is 11.2. The average molecular weight is 162 g/mol. The molecule has 0 amide bonds. The van der Waals surface area contributed by atoms with Gasteiger partial charge in [-0.2, -0.15) is 11.8 Å². The van der Waals surface area contributed by atoms with Gasteiger partial charge in [0.25, 0.3) is 0 Å². The second-order valence-electron chi connectivity index (χ2n) is 2.09. The molecule has 0 saturated heterocycles. The highest BCUT2D eigenvalue weighted by Gasteiger charge is 2.05. The first-order valence-corrected chi connectivity index (χ1v) is 4.43. The Morgan fingerprint density at radius 3 is 2.80 bits per heavy atom. The lowest BCUT2D eigenvalue weighted by atomic mass is 10.2. The van der Waals surface area contributed by atoms with Gasteiger partial charge < -0.3 is 10.9 Å². The lowest BCUT2D eigenvalue weighted by Crippen LogP contribution is -2.22. The Morgan fingerprint density at radius 2 is 2.40 bits per heavy atom. The highest BCUT2D eigenvalue weighted by molar-refractivity contribution is 7.99. The molecule has 0 bridgehead atoms. The van der Waals surface area contributed by atoms with E-state index in [1.54, 1.807) is 11.8 Å². The van der Waals surface area contributed by atoms with E-state index in [1.807, 2.05) is 6.92 Å². The Bertz CT molecular complexity index is 116. The van der Waals surface area contributed by atoms with Gasteiger partial charge in [-0.1, -0.05) is 19.0 Å². The third kappa shape index (κ3) is 3.61. The highest BCUT2D eigenvalue weighted by Crippen LogP contribution is 2.06. The number of nitrogens with zero attached hydrogens (tertiary/aromatic N) is 1. The van der Waals surface area contributed by atoms with Crippen molar-refractivity contribution in [2.45, 2.75) is 13.8 Å². The molecule has 0 aromatic heterocycles. The standard InChI is InChI=1S/C6H14N2OS/c1-3-10-4-5(2)6(7)8-9/h5,9H,3-4H2,1-2H3,(H2,7,8). The third-order valence-electron chi connectivity index (χ3n) is 1.19. The van der Waals surface area contributed by atoms with Crippen LogP contribution in [0.15, 0.2) is 5.16 Å². The van der Waals surface area contributed by atoms with Crippen molar-refractivity contribution in [3.63, 3.8) is 0 Å². The first-order valence-electron chi connectivity index (χ1n) is 3.27. The number of nitrogens with two attached hydrogens (primary N) is 1. The van der Waals surface area contributed by atoms with Crippen LogP contribution in [0.1, 0.15) is 13.8 Å². The summed E-state index contributed by atoms with van der Waals surface area (Å²) in [6.07, 6.45) is 0. The normalized spacial score (nSPS) is 15.2. The molecule has 1 unspecified atom stereocenters. The molecule has 0 rings (SSSR count). The topological polar surface area (TPSA) is 58.6 Å². The van der Waals surface area contributed by atoms with Crippen LogP contribution in [0.25, 0.3) is 0 Å². The first-order chi connectivity index (χ1) is 4.72. The molecule has 0 fully saturated rings. The van der Waals surface area contributed by atoms with Crippen LogP contribution in [-0.2, 0) is 0 Å². The smallest absolute Gasteiger partial charge is 0.142 e. The fourth-order valence-electron chi connectivity index (χ4n) is 0.479. The largest absolute Gasteiger partial charge is 0.409 e. The predicted octanol–water partition coefficient (Wildman–Crippen LogP) is 1.12. The van der Waals surface area contributed by atoms with Crippen LogP contribution in [-0.4, -0.2) is 22.5 Å². The lowest BCUT2D eigenvalue weighted by Gasteiger charge is -2.06. The summed E-state index contributed by atoms with van der Waals surface area (Å²) < 4.78 is 0. The summed E-state index contributed by atoms with van der Waals surface area (Å²) >= 11 is 1.79. The van der Waals surface area contributed by atoms with Crippen LogP contribution in [0.2, 0.25) is 0 Å². The molecule has 0 saturated carbocycles. The Kier molecular flexibility index (Phi) is 5.20. The van der Waals surface area contributed by atoms with Gasteiger partial charge in [0.05, 0.1) is 0 Å². The van der Waals surface area contributed by atoms with E-state index in [9.17, 15) is 0 Å². The van der Waals surface area contributed by atoms with E-state index < -0.39 is 0 Å². The molecule has 10 heavy (non-hydrogen) atoms. The van der Waals surface area contributed by atoms with E-state index in [0.717, 1.165) is 11.5 Å². The van der Waals surface area contributed by atoms with Gasteiger partial charge in [-0.3, -0.25) is 0 Å². The van der Waals surface area contributed by atoms with Crippen molar-refractivity contribution in [2.75, 3.05) is 11.5 Å². The number of hydrogen-bond acceptors (Lipinski definition) is 3. The Balaban J connectivity index is 3.51. The van der Waals surface area contributed by atoms with Crippen LogP contribution in [0.4, 0.5) is 0 Å². The molecular weight excluding hydrogens is 148 g/mol. The molecule has 0 aliphatic heterocycles. The fourth-order valence-corrected chi connectivity index (χ4v) is 1.24. The van der Waals surface area contributed by atoms with Crippen molar-refractivity contribution in [3.8, 4) is 0 Å². The molecule has 1 atom stereocenters. The van der Waals surface area contributed by atoms with E-state index >= 15 is 0 Å². The van der Waals surface area contributed by atoms with Crippen molar-refractivity contribution < 1.29 is 5.21 Å². The number of amidine groups is 1. The fraction of sp³-hybridized carbons (Fsp3) is 0.833. The van der Waals surface area contributed by atoms with Gasteiger partial charge in [-0.25, -0.2) is 0 Å². The third-order valence-corrected chi connectivity index (χ3v) is 2.34. The minimum atomic E-state index is 0.176. The molecule has 0 heterocycles. The molecule has 0 aliphatic rings. The Labute approximate surface area is 65.7 Å². The van der Waals surface area contributed by atoms with Crippen molar-refractivity contribution in [1.82, 2.24) is 0 Å². The highest BCUT2D eigenvalue weighted by atomic mass is 32.2. The van der Waals surface area contributed by atoms with Crippen molar-refractivity contribution in [2.24, 2.45) is 16.8 Å². The zero-order chi connectivity index (χ0) is 7.98. The van der Waals surface area contributed by atoms with Crippen LogP contribution in [0.5, 0.6) is 0 Å². The van der Waals surface area contributed by atoms with E-state index in [0.29, 0.717) is 5.84 Å². The van der Waals surface area contributed by atoms with Crippen molar-refractivity contribution in [3.05, 3.63) is 0 Å². The second kappa shape index (κ2) is 5.41. The quantitative estimate of drug-likeness (QED) is 0.282. The maximum absolute atomic E-state index is 8.26. The zero-order valence-electron chi connectivity index (χ0n) is 6.37. The molecule has 60 valence electrons. The minimum absolute atomic E-state index is 0.176. The van der Waals surface area contributed by atoms with E-state index in [-0.39, 0.29) is 5.92 Å². The second-order valence-corrected chi connectivity index (χ2v) is 3.40. The van der Waals surface area contributed by atoms with E-state index in [4.69, 9.17) is 10.9 Å². The van der Waals surface area contributed by atoms with Crippen molar-refractivity contribution >= 4 is 17.6 Å². The summed E-state index contributed by atoms with van der Waals surface area (Å²) in [6.45, 7) is 4.03. The molecule has 0 radical (unpaired) electrons. The molecule has 0 aromatic carbocycles. The van der Waals surface area contributed by atoms with Crippen LogP contribution in [0, 0.1) is 5.92 Å². The van der Waals surface area contributed by atoms with Gasteiger partial charge in [0.1, 0.15) is 5.84 Å². The number of oxime groups is 1. The molecule has 0 spiro atoms. The monoisotopic (exact) mass is 162 g/mol. The minimum Gasteiger partial charge on any atom is -0.409 e. The molecule has 0 aliphatic carbocycles. The van der Waals surface area contributed by atoms with E-state index in [2.05, 4.69) is 12.1 Å². The van der Waals surface area contributed by atoms with Gasteiger partial charge in [0, 0.05) is 11.7 Å². The first kappa shape index (κ1) is 9.62. The number of hydrogen-bond donors (Lipinski definition) is 2. The van der Waals surface area contributed by atoms with Gasteiger partial charge >= 0.3 is 0 Å². The van der Waals surface area contributed by atoms with Gasteiger partial charge in [-0.15, -0.1) is 0 Å². The van der Waals surface area contributed by atoms with Crippen LogP contribution in [0.3, 0.4) is 0 Å². The number of thioether (sulfide) groups is 1. The van der Waals surface area contributed by atoms with Crippen molar-refractivity contribution in [1.29, 1.82) is 0 Å².